The van der Waals surface area contributed by atoms with E-state index in [2.05, 4.69) is 217 Å². The van der Waals surface area contributed by atoms with Gasteiger partial charge in [0, 0.05) is 21.9 Å². The van der Waals surface area contributed by atoms with Crippen LogP contribution >= 0.6 is 0 Å². The highest BCUT2D eigenvalue weighted by Crippen LogP contribution is 2.33. The molecule has 0 saturated heterocycles. The Morgan fingerprint density at radius 3 is 1.23 bits per heavy atom. The van der Waals surface area contributed by atoms with E-state index in [1.165, 1.54) is 20.7 Å². The Hall–Kier alpha value is -7.21. The van der Waals surface area contributed by atoms with Gasteiger partial charge in [0.15, 0.2) is 19.7 Å². The molecule has 8 aromatic carbocycles. The van der Waals surface area contributed by atoms with Gasteiger partial charge >= 0.3 is 0 Å². The summed E-state index contributed by atoms with van der Waals surface area (Å²) in [5.74, 6) is 1.82. The van der Waals surface area contributed by atoms with Crippen LogP contribution < -0.4 is 20.7 Å². The van der Waals surface area contributed by atoms with Gasteiger partial charge in [0.2, 0.25) is 5.95 Å². The molecule has 2 aromatic heterocycles. The molecule has 0 saturated carbocycles. The predicted molar refractivity (Wildman–Crippen MR) is 234 cm³/mol. The average Bonchev–Trinajstić information content (AvgIpc) is 3.63. The second-order valence-electron chi connectivity index (χ2n) is 14.0. The number of benzene rings is 8. The van der Waals surface area contributed by atoms with Crippen LogP contribution in [-0.2, 0) is 0 Å². The Balaban J connectivity index is 1.24. The molecule has 5 heteroatoms. The van der Waals surface area contributed by atoms with E-state index in [9.17, 15) is 0 Å². The molecule has 2 heterocycles. The highest BCUT2D eigenvalue weighted by atomic mass is 28.3. The van der Waals surface area contributed by atoms with Gasteiger partial charge in [0.05, 0.1) is 11.0 Å². The molecule has 0 fully saturated rings. The third kappa shape index (κ3) is 5.73. The third-order valence-corrected chi connectivity index (χ3v) is 15.6. The molecular weight excluding hydrogens is 697 g/mol. The summed E-state index contributed by atoms with van der Waals surface area (Å²) >= 11 is 0. The maximum atomic E-state index is 5.35. The summed E-state index contributed by atoms with van der Waals surface area (Å²) in [6, 6.07) is 77.9. The summed E-state index contributed by atoms with van der Waals surface area (Å²) in [5, 5.41) is 7.51. The van der Waals surface area contributed by atoms with Crippen molar-refractivity contribution in [1.82, 2.24) is 19.5 Å². The van der Waals surface area contributed by atoms with Crippen LogP contribution in [0, 0.1) is 0 Å². The molecule has 10 aromatic rings. The first kappa shape index (κ1) is 33.4. The number of aromatic nitrogens is 4. The third-order valence-electron chi connectivity index (χ3n) is 10.8. The first-order valence-corrected chi connectivity index (χ1v) is 21.0. The predicted octanol–water partition coefficient (Wildman–Crippen LogP) is 9.35. The summed E-state index contributed by atoms with van der Waals surface area (Å²) in [6.07, 6.45) is 0. The van der Waals surface area contributed by atoms with Crippen molar-refractivity contribution in [3.05, 3.63) is 218 Å². The van der Waals surface area contributed by atoms with Crippen LogP contribution in [0.5, 0.6) is 0 Å². The fourth-order valence-electron chi connectivity index (χ4n) is 8.29. The average molecular weight is 733 g/mol. The van der Waals surface area contributed by atoms with Gasteiger partial charge in [0.25, 0.3) is 0 Å². The normalized spacial score (nSPS) is 11.6. The number of nitrogens with zero attached hydrogens (tertiary/aromatic N) is 4. The van der Waals surface area contributed by atoms with Crippen molar-refractivity contribution >= 4 is 50.6 Å². The Morgan fingerprint density at radius 2 is 0.696 bits per heavy atom. The second kappa shape index (κ2) is 14.2. The van der Waals surface area contributed by atoms with Crippen molar-refractivity contribution in [2.75, 3.05) is 0 Å². The van der Waals surface area contributed by atoms with Crippen LogP contribution in [0.25, 0.3) is 61.7 Å². The van der Waals surface area contributed by atoms with Crippen molar-refractivity contribution in [2.24, 2.45) is 0 Å². The van der Waals surface area contributed by atoms with Crippen LogP contribution in [0.15, 0.2) is 218 Å². The number of para-hydroxylation sites is 2. The molecule has 0 aliphatic carbocycles. The minimum atomic E-state index is -2.80. The quantitative estimate of drug-likeness (QED) is 0.116. The summed E-state index contributed by atoms with van der Waals surface area (Å²) in [4.78, 5) is 15.9. The molecule has 0 radical (unpaired) electrons. The van der Waals surface area contributed by atoms with E-state index in [0.717, 1.165) is 44.1 Å². The van der Waals surface area contributed by atoms with Crippen molar-refractivity contribution < 1.29 is 0 Å². The maximum absolute atomic E-state index is 5.35. The SMILES string of the molecule is c1ccc(-c2cccc(-c3nc(-c4cccc([Si](c5ccccc5)(c5ccccc5)c5ccccc5)c4)nc(-n4c5ccccc5c5ccccc54)n3)c2)cc1. The monoisotopic (exact) mass is 732 g/mol. The molecule has 4 nitrogen and oxygen atoms in total. The van der Waals surface area contributed by atoms with E-state index >= 15 is 0 Å². The Morgan fingerprint density at radius 1 is 0.304 bits per heavy atom. The molecule has 10 rings (SSSR count). The van der Waals surface area contributed by atoms with Crippen LogP contribution in [0.1, 0.15) is 0 Å². The highest BCUT2D eigenvalue weighted by molar-refractivity contribution is 7.19. The summed E-state index contributed by atoms with van der Waals surface area (Å²) in [6.45, 7) is 0. The Bertz CT molecular complexity index is 2810. The number of hydrogen-bond acceptors (Lipinski definition) is 3. The molecule has 0 N–H and O–H groups in total. The lowest BCUT2D eigenvalue weighted by Gasteiger charge is -2.34. The van der Waals surface area contributed by atoms with Gasteiger partial charge in [-0.25, -0.2) is 4.98 Å². The molecular formula is C51H36N4Si. The lowest BCUT2D eigenvalue weighted by atomic mass is 10.0. The van der Waals surface area contributed by atoms with Crippen LogP contribution in [-0.4, -0.2) is 27.6 Å². The first-order chi connectivity index (χ1) is 27.8. The van der Waals surface area contributed by atoms with Crippen molar-refractivity contribution in [2.45, 2.75) is 0 Å². The molecule has 0 bridgehead atoms. The number of hydrogen-bond donors (Lipinski definition) is 0. The van der Waals surface area contributed by atoms with Crippen LogP contribution in [0.3, 0.4) is 0 Å². The molecule has 0 amide bonds. The zero-order valence-electron chi connectivity index (χ0n) is 30.6. The minimum absolute atomic E-state index is 0.579. The summed E-state index contributed by atoms with van der Waals surface area (Å²) < 4.78 is 2.18. The van der Waals surface area contributed by atoms with E-state index in [1.54, 1.807) is 0 Å². The van der Waals surface area contributed by atoms with Gasteiger partial charge in [-0.1, -0.05) is 200 Å². The first-order valence-electron chi connectivity index (χ1n) is 19.0. The maximum Gasteiger partial charge on any atom is 0.238 e. The van der Waals surface area contributed by atoms with E-state index in [-0.39, 0.29) is 0 Å². The Kier molecular flexibility index (Phi) is 8.47. The minimum Gasteiger partial charge on any atom is -0.278 e. The highest BCUT2D eigenvalue weighted by Gasteiger charge is 2.41. The molecule has 56 heavy (non-hydrogen) atoms. The van der Waals surface area contributed by atoms with Gasteiger partial charge in [-0.05, 0) is 50.1 Å². The van der Waals surface area contributed by atoms with Crippen LogP contribution in [0.2, 0.25) is 0 Å². The number of rotatable bonds is 8. The van der Waals surface area contributed by atoms with Crippen molar-refractivity contribution in [1.29, 1.82) is 0 Å². The fourth-order valence-corrected chi connectivity index (χ4v) is 13.1. The van der Waals surface area contributed by atoms with Gasteiger partial charge in [-0.2, -0.15) is 9.97 Å². The summed E-state index contributed by atoms with van der Waals surface area (Å²) in [5.41, 5.74) is 6.21. The van der Waals surface area contributed by atoms with Crippen molar-refractivity contribution in [3.8, 4) is 39.9 Å². The topological polar surface area (TPSA) is 43.6 Å². The largest absolute Gasteiger partial charge is 0.278 e. The molecule has 264 valence electrons. The molecule has 0 aliphatic rings. The van der Waals surface area contributed by atoms with Crippen LogP contribution in [0.4, 0.5) is 0 Å². The fraction of sp³-hybridized carbons (Fsp3) is 0. The zero-order chi connectivity index (χ0) is 37.3. The van der Waals surface area contributed by atoms with Gasteiger partial charge in [-0.3, -0.25) is 4.57 Å². The van der Waals surface area contributed by atoms with E-state index in [0.29, 0.717) is 17.6 Å². The molecule has 0 spiro atoms. The van der Waals surface area contributed by atoms with Gasteiger partial charge in [0.1, 0.15) is 0 Å². The number of fused-ring (bicyclic) bond motifs is 3. The lowest BCUT2D eigenvalue weighted by Crippen LogP contribution is -2.74. The smallest absolute Gasteiger partial charge is 0.238 e. The van der Waals surface area contributed by atoms with E-state index < -0.39 is 8.07 Å². The molecule has 0 unspecified atom stereocenters. The van der Waals surface area contributed by atoms with Gasteiger partial charge < -0.3 is 0 Å². The van der Waals surface area contributed by atoms with Gasteiger partial charge in [-0.15, -0.1) is 0 Å². The second-order valence-corrected chi connectivity index (χ2v) is 17.8. The lowest BCUT2D eigenvalue weighted by molar-refractivity contribution is 0.953. The standard InChI is InChI=1S/C51H36N4Si/c1-5-19-37(20-6-1)38-21-17-22-39(35-38)49-52-50(54-51(53-49)55-47-33-15-13-31-45(47)46-32-14-16-34-48(46)55)40-23-18-30-44(36-40)56(41-24-7-2-8-25-41,42-26-9-3-10-27-42)43-28-11-4-12-29-43/h1-36H. The molecule has 0 aliphatic heterocycles. The zero-order valence-corrected chi connectivity index (χ0v) is 31.6. The summed E-state index contributed by atoms with van der Waals surface area (Å²) in [7, 11) is -2.80. The molecule has 0 atom stereocenters. The van der Waals surface area contributed by atoms with Crippen molar-refractivity contribution in [3.63, 3.8) is 0 Å². The van der Waals surface area contributed by atoms with E-state index in [1.807, 2.05) is 6.07 Å². The Labute approximate surface area is 327 Å². The van der Waals surface area contributed by atoms with E-state index in [4.69, 9.17) is 15.0 Å².